The summed E-state index contributed by atoms with van der Waals surface area (Å²) in [7, 11) is 0. The van der Waals surface area contributed by atoms with Crippen LogP contribution < -0.4 is 5.32 Å². The minimum absolute atomic E-state index is 0.357. The Morgan fingerprint density at radius 1 is 1.25 bits per heavy atom. The van der Waals surface area contributed by atoms with Crippen molar-refractivity contribution in [2.75, 3.05) is 13.1 Å². The summed E-state index contributed by atoms with van der Waals surface area (Å²) in [5, 5.41) is 7.49. The number of hydrogen-bond acceptors (Lipinski definition) is 4. The molecular formula is C16H21N3O. The minimum Gasteiger partial charge on any atom is -0.339 e. The van der Waals surface area contributed by atoms with E-state index in [4.69, 9.17) is 4.52 Å². The number of aryl methyl sites for hydroxylation is 2. The van der Waals surface area contributed by atoms with Crippen molar-refractivity contribution in [2.24, 2.45) is 5.92 Å². The molecule has 20 heavy (non-hydrogen) atoms. The predicted molar refractivity (Wildman–Crippen MR) is 77.8 cm³/mol. The summed E-state index contributed by atoms with van der Waals surface area (Å²) in [6, 6.07) is 6.48. The first-order chi connectivity index (χ1) is 9.63. The Morgan fingerprint density at radius 3 is 2.80 bits per heavy atom. The first-order valence-corrected chi connectivity index (χ1v) is 7.23. The molecule has 1 saturated heterocycles. The van der Waals surface area contributed by atoms with E-state index in [0.717, 1.165) is 31.2 Å². The van der Waals surface area contributed by atoms with Crippen molar-refractivity contribution in [3.05, 3.63) is 46.6 Å². The summed E-state index contributed by atoms with van der Waals surface area (Å²) in [6.45, 7) is 8.44. The molecule has 1 aliphatic rings. The van der Waals surface area contributed by atoms with Crippen LogP contribution in [0.15, 0.2) is 22.7 Å². The van der Waals surface area contributed by atoms with Crippen molar-refractivity contribution in [2.45, 2.75) is 33.1 Å². The molecule has 1 fully saturated rings. The van der Waals surface area contributed by atoms with Crippen LogP contribution in [0, 0.1) is 19.8 Å². The molecule has 106 valence electrons. The van der Waals surface area contributed by atoms with E-state index in [1.807, 2.05) is 0 Å². The zero-order valence-electron chi connectivity index (χ0n) is 12.3. The van der Waals surface area contributed by atoms with Gasteiger partial charge in [-0.25, -0.2) is 0 Å². The molecular weight excluding hydrogens is 250 g/mol. The van der Waals surface area contributed by atoms with Gasteiger partial charge in [0.2, 0.25) is 5.89 Å². The first kappa shape index (κ1) is 13.3. The Kier molecular flexibility index (Phi) is 3.57. The Morgan fingerprint density at radius 2 is 2.10 bits per heavy atom. The molecule has 1 aromatic carbocycles. The van der Waals surface area contributed by atoms with E-state index in [9.17, 15) is 0 Å². The lowest BCUT2D eigenvalue weighted by atomic mass is 9.98. The van der Waals surface area contributed by atoms with E-state index in [0.29, 0.717) is 11.8 Å². The number of benzene rings is 1. The summed E-state index contributed by atoms with van der Waals surface area (Å²) in [5.41, 5.74) is 3.85. The summed E-state index contributed by atoms with van der Waals surface area (Å²) in [6.07, 6.45) is 0.735. The molecule has 2 heterocycles. The molecule has 0 spiro atoms. The normalized spacial score (nSPS) is 22.4. The van der Waals surface area contributed by atoms with Crippen molar-refractivity contribution >= 4 is 0 Å². The number of nitrogens with one attached hydrogen (secondary N) is 1. The molecule has 0 aliphatic carbocycles. The lowest BCUT2D eigenvalue weighted by molar-refractivity contribution is 0.337. The smallest absolute Gasteiger partial charge is 0.231 e. The maximum atomic E-state index is 5.44. The molecule has 4 nitrogen and oxygen atoms in total. The number of hydrogen-bond donors (Lipinski definition) is 1. The summed E-state index contributed by atoms with van der Waals surface area (Å²) < 4.78 is 5.44. The lowest BCUT2D eigenvalue weighted by Crippen LogP contribution is -2.08. The highest BCUT2D eigenvalue weighted by atomic mass is 16.5. The second-order valence-electron chi connectivity index (χ2n) is 5.89. The van der Waals surface area contributed by atoms with Gasteiger partial charge in [-0.1, -0.05) is 30.3 Å². The van der Waals surface area contributed by atoms with Gasteiger partial charge in [-0.3, -0.25) is 0 Å². The highest BCUT2D eigenvalue weighted by molar-refractivity contribution is 5.31. The highest BCUT2D eigenvalue weighted by Gasteiger charge is 2.29. The second kappa shape index (κ2) is 5.37. The number of rotatable bonds is 3. The third kappa shape index (κ3) is 2.61. The van der Waals surface area contributed by atoms with Crippen molar-refractivity contribution in [1.29, 1.82) is 0 Å². The van der Waals surface area contributed by atoms with E-state index >= 15 is 0 Å². The highest BCUT2D eigenvalue weighted by Crippen LogP contribution is 2.26. The van der Waals surface area contributed by atoms with Gasteiger partial charge in [0.1, 0.15) is 0 Å². The molecule has 1 N–H and O–H groups in total. The molecule has 2 atom stereocenters. The molecule has 0 saturated carbocycles. The van der Waals surface area contributed by atoms with Gasteiger partial charge in [0.25, 0.3) is 0 Å². The summed E-state index contributed by atoms with van der Waals surface area (Å²) >= 11 is 0. The van der Waals surface area contributed by atoms with Gasteiger partial charge in [0.05, 0.1) is 5.92 Å². The Hall–Kier alpha value is -1.68. The van der Waals surface area contributed by atoms with Gasteiger partial charge in [-0.15, -0.1) is 0 Å². The third-order valence-corrected chi connectivity index (χ3v) is 4.25. The third-order valence-electron chi connectivity index (χ3n) is 4.25. The van der Waals surface area contributed by atoms with Crippen molar-refractivity contribution in [1.82, 2.24) is 15.5 Å². The second-order valence-corrected chi connectivity index (χ2v) is 5.89. The van der Waals surface area contributed by atoms with Crippen molar-refractivity contribution < 1.29 is 4.52 Å². The van der Waals surface area contributed by atoms with Crippen LogP contribution in [0.1, 0.15) is 41.2 Å². The molecule has 0 amide bonds. The maximum absolute atomic E-state index is 5.44. The van der Waals surface area contributed by atoms with E-state index < -0.39 is 0 Å². The molecule has 1 aromatic heterocycles. The van der Waals surface area contributed by atoms with Crippen LogP contribution in [-0.2, 0) is 6.42 Å². The standard InChI is InChI=1S/C16H21N3O/c1-10-4-5-13(6-11(10)2)7-15-18-16(20-19-15)14-9-17-8-12(14)3/h4-6,12,14,17H,7-9H2,1-3H3. The minimum atomic E-state index is 0.357. The average Bonchev–Trinajstić information content (AvgIpc) is 3.03. The molecule has 0 bridgehead atoms. The van der Waals surface area contributed by atoms with Crippen LogP contribution in [0.2, 0.25) is 0 Å². The Labute approximate surface area is 119 Å². The predicted octanol–water partition coefficient (Wildman–Crippen LogP) is 2.60. The Bertz CT molecular complexity index is 606. The van der Waals surface area contributed by atoms with Crippen LogP contribution >= 0.6 is 0 Å². The molecule has 3 rings (SSSR count). The van der Waals surface area contributed by atoms with E-state index in [1.54, 1.807) is 0 Å². The van der Waals surface area contributed by atoms with Crippen molar-refractivity contribution in [3.63, 3.8) is 0 Å². The molecule has 0 radical (unpaired) electrons. The average molecular weight is 271 g/mol. The van der Waals surface area contributed by atoms with Gasteiger partial charge in [0.15, 0.2) is 5.82 Å². The quantitative estimate of drug-likeness (QED) is 0.932. The van der Waals surface area contributed by atoms with E-state index in [2.05, 4.69) is 54.4 Å². The van der Waals surface area contributed by atoms with Crippen LogP contribution in [0.4, 0.5) is 0 Å². The fourth-order valence-electron chi connectivity index (χ4n) is 2.73. The van der Waals surface area contributed by atoms with Gasteiger partial charge in [-0.05, 0) is 43.0 Å². The number of nitrogens with zero attached hydrogens (tertiary/aromatic N) is 2. The van der Waals surface area contributed by atoms with E-state index in [1.165, 1.54) is 16.7 Å². The Balaban J connectivity index is 1.75. The molecule has 2 unspecified atom stereocenters. The fourth-order valence-corrected chi connectivity index (χ4v) is 2.73. The zero-order valence-corrected chi connectivity index (χ0v) is 12.3. The summed E-state index contributed by atoms with van der Waals surface area (Å²) in [5.74, 6) is 2.48. The first-order valence-electron chi connectivity index (χ1n) is 7.23. The fraction of sp³-hybridized carbons (Fsp3) is 0.500. The van der Waals surface area contributed by atoms with Gasteiger partial charge in [0, 0.05) is 13.0 Å². The van der Waals surface area contributed by atoms with Crippen LogP contribution in [0.5, 0.6) is 0 Å². The maximum Gasteiger partial charge on any atom is 0.231 e. The largest absolute Gasteiger partial charge is 0.339 e. The summed E-state index contributed by atoms with van der Waals surface area (Å²) in [4.78, 5) is 4.57. The van der Waals surface area contributed by atoms with Gasteiger partial charge >= 0.3 is 0 Å². The topological polar surface area (TPSA) is 51.0 Å². The van der Waals surface area contributed by atoms with Gasteiger partial charge < -0.3 is 9.84 Å². The van der Waals surface area contributed by atoms with Crippen LogP contribution in [-0.4, -0.2) is 23.2 Å². The zero-order chi connectivity index (χ0) is 14.1. The monoisotopic (exact) mass is 271 g/mol. The van der Waals surface area contributed by atoms with E-state index in [-0.39, 0.29) is 0 Å². The van der Waals surface area contributed by atoms with Gasteiger partial charge in [-0.2, -0.15) is 4.98 Å². The molecule has 1 aliphatic heterocycles. The number of aromatic nitrogens is 2. The van der Waals surface area contributed by atoms with Crippen LogP contribution in [0.3, 0.4) is 0 Å². The van der Waals surface area contributed by atoms with Crippen molar-refractivity contribution in [3.8, 4) is 0 Å². The van der Waals surface area contributed by atoms with Crippen LogP contribution in [0.25, 0.3) is 0 Å². The molecule has 2 aromatic rings. The lowest BCUT2D eigenvalue weighted by Gasteiger charge is -2.07. The SMILES string of the molecule is Cc1ccc(Cc2noc(C3CNCC3C)n2)cc1C. The molecule has 4 heteroatoms.